The lowest BCUT2D eigenvalue weighted by Gasteiger charge is -2.32. The van der Waals surface area contributed by atoms with E-state index in [-0.39, 0.29) is 5.91 Å². The molecule has 5 heteroatoms. The molecule has 0 aliphatic heterocycles. The normalized spacial score (nSPS) is 15.0. The van der Waals surface area contributed by atoms with Gasteiger partial charge in [-0.3, -0.25) is 10.1 Å². The Morgan fingerprint density at radius 2 is 1.91 bits per heavy atom. The van der Waals surface area contributed by atoms with Gasteiger partial charge in [-0.15, -0.1) is 0 Å². The maximum atomic E-state index is 12.3. The minimum Gasteiger partial charge on any atom is -0.494 e. The summed E-state index contributed by atoms with van der Waals surface area (Å²) in [5.74, 6) is 0.616. The average molecular weight is 334 g/mol. The molecule has 0 heterocycles. The molecule has 0 bridgehead atoms. The second-order valence-corrected chi connectivity index (χ2v) is 6.42. The first-order valence-corrected chi connectivity index (χ1v) is 8.83. The summed E-state index contributed by atoms with van der Waals surface area (Å²) in [5, 5.41) is 3.34. The van der Waals surface area contributed by atoms with Crippen LogP contribution in [0.25, 0.3) is 0 Å². The van der Waals surface area contributed by atoms with Crippen LogP contribution in [-0.4, -0.2) is 35.6 Å². The quantitative estimate of drug-likeness (QED) is 0.833. The lowest BCUT2D eigenvalue weighted by Crippen LogP contribution is -2.46. The van der Waals surface area contributed by atoms with E-state index in [9.17, 15) is 4.79 Å². The number of benzene rings is 1. The molecule has 1 fully saturated rings. The highest BCUT2D eigenvalue weighted by Crippen LogP contribution is 2.21. The van der Waals surface area contributed by atoms with E-state index in [0.717, 1.165) is 25.0 Å². The van der Waals surface area contributed by atoms with Crippen molar-refractivity contribution in [3.05, 3.63) is 29.8 Å². The third kappa shape index (κ3) is 5.20. The second-order valence-electron chi connectivity index (χ2n) is 6.03. The zero-order chi connectivity index (χ0) is 16.7. The number of rotatable bonds is 5. The Labute approximate surface area is 144 Å². The number of ether oxygens (including phenoxy) is 1. The van der Waals surface area contributed by atoms with Crippen LogP contribution in [-0.2, 0) is 0 Å². The Bertz CT molecular complexity index is 524. The van der Waals surface area contributed by atoms with Gasteiger partial charge in [-0.2, -0.15) is 0 Å². The van der Waals surface area contributed by atoms with Gasteiger partial charge in [0.25, 0.3) is 5.91 Å². The molecule has 0 radical (unpaired) electrons. The van der Waals surface area contributed by atoms with E-state index < -0.39 is 0 Å². The van der Waals surface area contributed by atoms with Gasteiger partial charge >= 0.3 is 0 Å². The predicted molar refractivity (Wildman–Crippen MR) is 96.9 cm³/mol. The third-order valence-electron chi connectivity index (χ3n) is 4.25. The Balaban J connectivity index is 1.88. The number of thiocarbonyl (C=S) groups is 1. The maximum absolute atomic E-state index is 12.3. The number of amides is 1. The van der Waals surface area contributed by atoms with Crippen molar-refractivity contribution in [2.45, 2.75) is 51.5 Å². The van der Waals surface area contributed by atoms with Gasteiger partial charge in [0.15, 0.2) is 5.11 Å². The number of carbonyl (C=O) groups is 1. The standard InChI is InChI=1S/C18H26N2O2S/c1-3-13-22-16-11-9-14(10-12-16)17(21)19-18(23)20(2)15-7-5-4-6-8-15/h9-12,15H,3-8,13H2,1-2H3,(H,19,21,23). The molecule has 1 aliphatic carbocycles. The molecule has 4 nitrogen and oxygen atoms in total. The first-order chi connectivity index (χ1) is 11.1. The summed E-state index contributed by atoms with van der Waals surface area (Å²) in [5.41, 5.74) is 0.591. The molecule has 126 valence electrons. The van der Waals surface area contributed by atoms with Crippen LogP contribution in [0.4, 0.5) is 0 Å². The van der Waals surface area contributed by atoms with Crippen LogP contribution < -0.4 is 10.1 Å². The van der Waals surface area contributed by atoms with Crippen LogP contribution in [0.2, 0.25) is 0 Å². The van der Waals surface area contributed by atoms with E-state index in [1.54, 1.807) is 12.1 Å². The van der Waals surface area contributed by atoms with Crippen LogP contribution in [0, 0.1) is 0 Å². The van der Waals surface area contributed by atoms with Crippen molar-refractivity contribution in [2.24, 2.45) is 0 Å². The van der Waals surface area contributed by atoms with Crippen molar-refractivity contribution in [1.82, 2.24) is 10.2 Å². The Kier molecular flexibility index (Phi) is 6.84. The number of nitrogens with one attached hydrogen (secondary N) is 1. The zero-order valence-electron chi connectivity index (χ0n) is 14.0. The van der Waals surface area contributed by atoms with E-state index >= 15 is 0 Å². The van der Waals surface area contributed by atoms with E-state index in [1.165, 1.54) is 19.3 Å². The second kappa shape index (κ2) is 8.87. The van der Waals surface area contributed by atoms with Gasteiger partial charge in [0.05, 0.1) is 6.61 Å². The molecule has 1 amide bonds. The number of carbonyl (C=O) groups excluding carboxylic acids is 1. The SMILES string of the molecule is CCCOc1ccc(C(=O)NC(=S)N(C)C2CCCCC2)cc1. The fourth-order valence-corrected chi connectivity index (χ4v) is 3.06. The van der Waals surface area contributed by atoms with Gasteiger partial charge in [0, 0.05) is 18.7 Å². The maximum Gasteiger partial charge on any atom is 0.257 e. The highest BCUT2D eigenvalue weighted by molar-refractivity contribution is 7.80. The number of hydrogen-bond donors (Lipinski definition) is 1. The van der Waals surface area contributed by atoms with Crippen molar-refractivity contribution >= 4 is 23.2 Å². The van der Waals surface area contributed by atoms with Gasteiger partial charge < -0.3 is 9.64 Å². The van der Waals surface area contributed by atoms with Crippen LogP contribution >= 0.6 is 12.2 Å². The van der Waals surface area contributed by atoms with Crippen molar-refractivity contribution in [1.29, 1.82) is 0 Å². The van der Waals surface area contributed by atoms with Crippen LogP contribution in [0.5, 0.6) is 5.75 Å². The number of nitrogens with zero attached hydrogens (tertiary/aromatic N) is 1. The van der Waals surface area contributed by atoms with Crippen molar-refractivity contribution in [3.63, 3.8) is 0 Å². The Morgan fingerprint density at radius 1 is 1.26 bits per heavy atom. The van der Waals surface area contributed by atoms with Crippen LogP contribution in [0.1, 0.15) is 55.8 Å². The summed E-state index contributed by atoms with van der Waals surface area (Å²) < 4.78 is 5.52. The van der Waals surface area contributed by atoms with Crippen molar-refractivity contribution in [2.75, 3.05) is 13.7 Å². The first kappa shape index (κ1) is 17.7. The minimum absolute atomic E-state index is 0.167. The van der Waals surface area contributed by atoms with Crippen LogP contribution in [0.3, 0.4) is 0 Å². The molecule has 0 unspecified atom stereocenters. The fraction of sp³-hybridized carbons (Fsp3) is 0.556. The van der Waals surface area contributed by atoms with Gasteiger partial charge in [0.1, 0.15) is 5.75 Å². The van der Waals surface area contributed by atoms with E-state index in [4.69, 9.17) is 17.0 Å². The monoisotopic (exact) mass is 334 g/mol. The van der Waals surface area contributed by atoms with Gasteiger partial charge in [-0.25, -0.2) is 0 Å². The van der Waals surface area contributed by atoms with E-state index in [2.05, 4.69) is 12.2 Å². The lowest BCUT2D eigenvalue weighted by molar-refractivity contribution is 0.0972. The molecule has 0 saturated heterocycles. The van der Waals surface area contributed by atoms with E-state index in [1.807, 2.05) is 24.1 Å². The smallest absolute Gasteiger partial charge is 0.257 e. The third-order valence-corrected chi connectivity index (χ3v) is 4.64. The largest absolute Gasteiger partial charge is 0.494 e. The molecule has 0 atom stereocenters. The summed E-state index contributed by atoms with van der Waals surface area (Å²) in [6.07, 6.45) is 7.04. The Morgan fingerprint density at radius 3 is 2.52 bits per heavy atom. The molecule has 2 rings (SSSR count). The van der Waals surface area contributed by atoms with Gasteiger partial charge in [0.2, 0.25) is 0 Å². The number of hydrogen-bond acceptors (Lipinski definition) is 3. The van der Waals surface area contributed by atoms with E-state index in [0.29, 0.717) is 23.3 Å². The van der Waals surface area contributed by atoms with Crippen molar-refractivity contribution in [3.8, 4) is 5.75 Å². The van der Waals surface area contributed by atoms with Crippen molar-refractivity contribution < 1.29 is 9.53 Å². The first-order valence-electron chi connectivity index (χ1n) is 8.43. The highest BCUT2D eigenvalue weighted by Gasteiger charge is 2.21. The molecular weight excluding hydrogens is 308 g/mol. The summed E-state index contributed by atoms with van der Waals surface area (Å²) in [4.78, 5) is 14.3. The minimum atomic E-state index is -0.167. The lowest BCUT2D eigenvalue weighted by atomic mass is 9.95. The molecule has 0 spiro atoms. The van der Waals surface area contributed by atoms with Crippen LogP contribution in [0.15, 0.2) is 24.3 Å². The molecule has 1 aromatic rings. The molecular formula is C18H26N2O2S. The molecule has 1 aliphatic rings. The summed E-state index contributed by atoms with van der Waals surface area (Å²) in [6.45, 7) is 2.74. The van der Waals surface area contributed by atoms with Gasteiger partial charge in [-0.05, 0) is 55.7 Å². The summed E-state index contributed by atoms with van der Waals surface area (Å²) in [6, 6.07) is 7.62. The molecule has 23 heavy (non-hydrogen) atoms. The summed E-state index contributed by atoms with van der Waals surface area (Å²) >= 11 is 5.39. The highest BCUT2D eigenvalue weighted by atomic mass is 32.1. The topological polar surface area (TPSA) is 41.6 Å². The fourth-order valence-electron chi connectivity index (χ4n) is 2.81. The molecule has 1 N–H and O–H groups in total. The predicted octanol–water partition coefficient (Wildman–Crippen LogP) is 3.75. The summed E-state index contributed by atoms with van der Waals surface area (Å²) in [7, 11) is 1.97. The Hall–Kier alpha value is -1.62. The average Bonchev–Trinajstić information content (AvgIpc) is 2.60. The van der Waals surface area contributed by atoms with Gasteiger partial charge in [-0.1, -0.05) is 26.2 Å². The zero-order valence-corrected chi connectivity index (χ0v) is 14.8. The molecule has 1 aromatic carbocycles. The molecule has 1 saturated carbocycles. The molecule has 0 aromatic heterocycles.